The molecule has 3 heterocycles. The van der Waals surface area contributed by atoms with Gasteiger partial charge in [0, 0.05) is 38.3 Å². The first-order valence-electron chi connectivity index (χ1n) is 11.4. The van der Waals surface area contributed by atoms with Gasteiger partial charge in [-0.3, -0.25) is 4.79 Å². The molecule has 2 aromatic rings. The van der Waals surface area contributed by atoms with E-state index in [1.165, 1.54) is 4.31 Å². The predicted molar refractivity (Wildman–Crippen MR) is 121 cm³/mol. The van der Waals surface area contributed by atoms with Crippen LogP contribution in [-0.2, 0) is 31.5 Å². The zero-order valence-electron chi connectivity index (χ0n) is 19.1. The summed E-state index contributed by atoms with van der Waals surface area (Å²) < 4.78 is 35.6. The summed E-state index contributed by atoms with van der Waals surface area (Å²) in [5.74, 6) is -0.153. The van der Waals surface area contributed by atoms with Crippen LogP contribution in [0.2, 0.25) is 0 Å². The molecule has 0 aliphatic carbocycles. The number of aromatic nitrogens is 2. The molecule has 4 rings (SSSR count). The fourth-order valence-corrected chi connectivity index (χ4v) is 6.27. The number of benzene rings is 1. The maximum absolute atomic E-state index is 13.3. The highest BCUT2D eigenvalue weighted by atomic mass is 32.2. The zero-order chi connectivity index (χ0) is 23.1. The number of carbonyl (C=O) groups is 1. The summed E-state index contributed by atoms with van der Waals surface area (Å²) in [6.45, 7) is 9.10. The molecule has 0 saturated carbocycles. The summed E-state index contributed by atoms with van der Waals surface area (Å²) in [6, 6.07) is 5.13. The van der Waals surface area contributed by atoms with Crippen LogP contribution in [0.1, 0.15) is 52.3 Å². The molecule has 2 aliphatic rings. The van der Waals surface area contributed by atoms with Crippen LogP contribution in [0.5, 0.6) is 0 Å². The molecule has 2 aliphatic heterocycles. The molecule has 1 aromatic heterocycles. The minimum atomic E-state index is -3.78. The lowest BCUT2D eigenvalue weighted by Crippen LogP contribution is -2.42. The van der Waals surface area contributed by atoms with E-state index in [9.17, 15) is 18.3 Å². The van der Waals surface area contributed by atoms with Crippen LogP contribution in [0.4, 0.5) is 0 Å². The fourth-order valence-electron chi connectivity index (χ4n) is 4.73. The van der Waals surface area contributed by atoms with Gasteiger partial charge < -0.3 is 14.4 Å². The van der Waals surface area contributed by atoms with Gasteiger partial charge in [0.15, 0.2) is 0 Å². The van der Waals surface area contributed by atoms with Crippen molar-refractivity contribution in [3.8, 4) is 0 Å². The number of fused-ring (bicyclic) bond motifs is 1. The van der Waals surface area contributed by atoms with Crippen LogP contribution >= 0.6 is 0 Å². The number of sulfonamides is 1. The van der Waals surface area contributed by atoms with Gasteiger partial charge in [0.05, 0.1) is 21.8 Å². The van der Waals surface area contributed by atoms with Gasteiger partial charge >= 0.3 is 5.97 Å². The molecule has 176 valence electrons. The second-order valence-electron chi connectivity index (χ2n) is 10.0. The Bertz CT molecular complexity index is 1100. The van der Waals surface area contributed by atoms with Crippen LogP contribution in [0.15, 0.2) is 23.1 Å². The number of imidazole rings is 1. The number of nitrogens with zero attached hydrogens (tertiary/aromatic N) is 3. The Hall–Kier alpha value is -1.97. The first-order chi connectivity index (χ1) is 15.1. The van der Waals surface area contributed by atoms with E-state index in [1.807, 2.05) is 6.07 Å². The van der Waals surface area contributed by atoms with E-state index in [0.29, 0.717) is 30.8 Å². The number of carboxylic acids is 1. The molecule has 0 amide bonds. The SMILES string of the molecule is CC(C)(C)c1nc2cc(S(=O)(=O)N3CCCC(C(=O)O)C3)ccc2n1CC1CCOCC1. The normalized spacial score (nSPS) is 21.8. The molecule has 1 unspecified atom stereocenters. The first-order valence-corrected chi connectivity index (χ1v) is 12.8. The van der Waals surface area contributed by atoms with E-state index in [2.05, 4.69) is 25.3 Å². The minimum absolute atomic E-state index is 0.0150. The van der Waals surface area contributed by atoms with Crippen molar-refractivity contribution in [2.24, 2.45) is 11.8 Å². The van der Waals surface area contributed by atoms with E-state index in [4.69, 9.17) is 9.72 Å². The Balaban J connectivity index is 1.70. The Morgan fingerprint density at radius 3 is 2.59 bits per heavy atom. The molecular formula is C23H33N3O5S. The number of aliphatic carboxylic acids is 1. The summed E-state index contributed by atoms with van der Waals surface area (Å²) >= 11 is 0. The van der Waals surface area contributed by atoms with Crippen LogP contribution in [-0.4, -0.2) is 59.7 Å². The van der Waals surface area contributed by atoms with Gasteiger partial charge in [-0.2, -0.15) is 4.31 Å². The minimum Gasteiger partial charge on any atom is -0.481 e. The van der Waals surface area contributed by atoms with Crippen molar-refractivity contribution in [2.75, 3.05) is 26.3 Å². The molecule has 1 atom stereocenters. The summed E-state index contributed by atoms with van der Waals surface area (Å²) in [7, 11) is -3.78. The van der Waals surface area contributed by atoms with Crippen molar-refractivity contribution in [3.63, 3.8) is 0 Å². The third-order valence-corrected chi connectivity index (χ3v) is 8.40. The lowest BCUT2D eigenvalue weighted by atomic mass is 9.94. The first kappa shape index (κ1) is 23.2. The Kier molecular flexibility index (Phi) is 6.35. The largest absolute Gasteiger partial charge is 0.481 e. The van der Waals surface area contributed by atoms with Gasteiger partial charge in [0.1, 0.15) is 5.82 Å². The van der Waals surface area contributed by atoms with Crippen molar-refractivity contribution < 1.29 is 23.1 Å². The molecule has 0 spiro atoms. The van der Waals surface area contributed by atoms with Crippen molar-refractivity contribution in [2.45, 2.75) is 63.3 Å². The molecule has 0 radical (unpaired) electrons. The third-order valence-electron chi connectivity index (χ3n) is 6.54. The number of piperidine rings is 1. The molecule has 32 heavy (non-hydrogen) atoms. The monoisotopic (exact) mass is 463 g/mol. The van der Waals surface area contributed by atoms with Crippen LogP contribution in [0.3, 0.4) is 0 Å². The average Bonchev–Trinajstić information content (AvgIpc) is 3.13. The van der Waals surface area contributed by atoms with Crippen molar-refractivity contribution in [1.29, 1.82) is 0 Å². The van der Waals surface area contributed by atoms with Gasteiger partial charge in [0.25, 0.3) is 0 Å². The van der Waals surface area contributed by atoms with Crippen molar-refractivity contribution in [1.82, 2.24) is 13.9 Å². The molecule has 8 nitrogen and oxygen atoms in total. The summed E-state index contributed by atoms with van der Waals surface area (Å²) in [5.41, 5.74) is 1.41. The number of ether oxygens (including phenoxy) is 1. The van der Waals surface area contributed by atoms with Gasteiger partial charge in [-0.1, -0.05) is 20.8 Å². The Morgan fingerprint density at radius 1 is 1.22 bits per heavy atom. The highest BCUT2D eigenvalue weighted by molar-refractivity contribution is 7.89. The topological polar surface area (TPSA) is 102 Å². The standard InChI is InChI=1S/C23H33N3O5S/c1-23(2,3)22-24-19-13-18(32(29,30)25-10-4-5-17(15-25)21(27)28)6-7-20(19)26(22)14-16-8-11-31-12-9-16/h6-7,13,16-17H,4-5,8-12,14-15H2,1-3H3,(H,27,28). The maximum atomic E-state index is 13.3. The van der Waals surface area contributed by atoms with Gasteiger partial charge in [-0.05, 0) is 49.8 Å². The molecule has 1 N–H and O–H groups in total. The lowest BCUT2D eigenvalue weighted by Gasteiger charge is -2.29. The molecule has 9 heteroatoms. The summed E-state index contributed by atoms with van der Waals surface area (Å²) in [4.78, 5) is 16.4. The number of rotatable bonds is 5. The zero-order valence-corrected chi connectivity index (χ0v) is 19.9. The van der Waals surface area contributed by atoms with Gasteiger partial charge in [-0.25, -0.2) is 13.4 Å². The fraction of sp³-hybridized carbons (Fsp3) is 0.652. The number of hydrogen-bond donors (Lipinski definition) is 1. The van der Waals surface area contributed by atoms with E-state index >= 15 is 0 Å². The Labute approximate surface area is 189 Å². The summed E-state index contributed by atoms with van der Waals surface area (Å²) in [5, 5.41) is 9.34. The highest BCUT2D eigenvalue weighted by Gasteiger charge is 2.34. The van der Waals surface area contributed by atoms with E-state index in [1.54, 1.807) is 12.1 Å². The predicted octanol–water partition coefficient (Wildman–Crippen LogP) is 3.25. The quantitative estimate of drug-likeness (QED) is 0.730. The van der Waals surface area contributed by atoms with E-state index < -0.39 is 21.9 Å². The van der Waals surface area contributed by atoms with Crippen LogP contribution in [0, 0.1) is 11.8 Å². The molecule has 2 fully saturated rings. The second-order valence-corrected chi connectivity index (χ2v) is 12.0. The number of carboxylic acid groups (broad SMARTS) is 1. The average molecular weight is 464 g/mol. The second kappa shape index (κ2) is 8.76. The van der Waals surface area contributed by atoms with E-state index in [0.717, 1.165) is 43.9 Å². The third kappa shape index (κ3) is 4.56. The molecule has 2 saturated heterocycles. The van der Waals surface area contributed by atoms with Crippen molar-refractivity contribution >= 4 is 27.0 Å². The smallest absolute Gasteiger partial charge is 0.307 e. The molecule has 0 bridgehead atoms. The van der Waals surface area contributed by atoms with Gasteiger partial charge in [-0.15, -0.1) is 0 Å². The summed E-state index contributed by atoms with van der Waals surface area (Å²) in [6.07, 6.45) is 3.07. The lowest BCUT2D eigenvalue weighted by molar-refractivity contribution is -0.142. The van der Waals surface area contributed by atoms with Gasteiger partial charge in [0.2, 0.25) is 10.0 Å². The van der Waals surface area contributed by atoms with Crippen molar-refractivity contribution in [3.05, 3.63) is 24.0 Å². The maximum Gasteiger partial charge on any atom is 0.307 e. The Morgan fingerprint density at radius 2 is 1.94 bits per heavy atom. The number of hydrogen-bond acceptors (Lipinski definition) is 5. The molecule has 1 aromatic carbocycles. The van der Waals surface area contributed by atoms with Crippen LogP contribution in [0.25, 0.3) is 11.0 Å². The van der Waals surface area contributed by atoms with Crippen LogP contribution < -0.4 is 0 Å². The highest BCUT2D eigenvalue weighted by Crippen LogP contribution is 2.31. The van der Waals surface area contributed by atoms with E-state index in [-0.39, 0.29) is 16.9 Å². The molecular weight excluding hydrogens is 430 g/mol.